The second-order valence-corrected chi connectivity index (χ2v) is 5.09. The van der Waals surface area contributed by atoms with Crippen LogP contribution in [-0.4, -0.2) is 16.6 Å². The maximum absolute atomic E-state index is 5.90. The van der Waals surface area contributed by atoms with Gasteiger partial charge in [-0.15, -0.1) is 0 Å². The van der Waals surface area contributed by atoms with E-state index in [1.54, 1.807) is 0 Å². The smallest absolute Gasteiger partial charge is 0.226 e. The molecule has 1 aliphatic rings. The number of rotatable bonds is 4. The lowest BCUT2D eigenvalue weighted by atomic mass is 9.83. The lowest BCUT2D eigenvalue weighted by molar-refractivity contribution is 0.219. The molecule has 0 atom stereocenters. The summed E-state index contributed by atoms with van der Waals surface area (Å²) in [7, 11) is 0. The van der Waals surface area contributed by atoms with Crippen molar-refractivity contribution in [2.24, 2.45) is 5.92 Å². The number of benzene rings is 1. The van der Waals surface area contributed by atoms with Crippen molar-refractivity contribution in [3.63, 3.8) is 0 Å². The summed E-state index contributed by atoms with van der Waals surface area (Å²) in [6, 6.07) is 7.77. The van der Waals surface area contributed by atoms with E-state index >= 15 is 0 Å². The third-order valence-corrected chi connectivity index (χ3v) is 3.70. The number of para-hydroxylation sites is 1. The Labute approximate surface area is 111 Å². The van der Waals surface area contributed by atoms with Crippen LogP contribution in [0.1, 0.15) is 25.7 Å². The summed E-state index contributed by atoms with van der Waals surface area (Å²) in [6.45, 7) is 0.710. The Balaban J connectivity index is 1.77. The predicted octanol–water partition coefficient (Wildman–Crippen LogP) is 3.85. The zero-order valence-corrected chi connectivity index (χ0v) is 10.9. The molecule has 2 aromatic rings. The van der Waals surface area contributed by atoms with Gasteiger partial charge in [0, 0.05) is 0 Å². The van der Waals surface area contributed by atoms with Crippen molar-refractivity contribution >= 4 is 22.5 Å². The first kappa shape index (κ1) is 11.7. The Bertz CT molecular complexity index is 554. The molecule has 3 rings (SSSR count). The van der Waals surface area contributed by atoms with Crippen LogP contribution < -0.4 is 4.74 Å². The van der Waals surface area contributed by atoms with E-state index < -0.39 is 0 Å². The Morgan fingerprint density at radius 3 is 2.83 bits per heavy atom. The van der Waals surface area contributed by atoms with Crippen LogP contribution in [0.15, 0.2) is 24.3 Å². The predicted molar refractivity (Wildman–Crippen MR) is 72.0 cm³/mol. The third kappa shape index (κ3) is 2.41. The number of aromatic nitrogens is 2. The number of hydrogen-bond donors (Lipinski definition) is 0. The van der Waals surface area contributed by atoms with Crippen LogP contribution in [-0.2, 0) is 0 Å². The minimum atomic E-state index is 0.243. The number of hydrogen-bond acceptors (Lipinski definition) is 3. The molecule has 1 fully saturated rings. The van der Waals surface area contributed by atoms with Crippen molar-refractivity contribution in [1.82, 2.24) is 9.97 Å². The molecule has 94 valence electrons. The van der Waals surface area contributed by atoms with E-state index in [0.29, 0.717) is 12.5 Å². The van der Waals surface area contributed by atoms with Crippen molar-refractivity contribution in [3.05, 3.63) is 29.5 Å². The lowest BCUT2D eigenvalue weighted by Gasteiger charge is -2.24. The van der Waals surface area contributed by atoms with Crippen LogP contribution in [0.3, 0.4) is 0 Å². The number of nitrogens with zero attached hydrogens (tertiary/aromatic N) is 2. The highest BCUT2D eigenvalue weighted by Crippen LogP contribution is 2.30. The maximum Gasteiger partial charge on any atom is 0.226 e. The molecule has 1 saturated carbocycles. The van der Waals surface area contributed by atoms with Crippen LogP contribution in [0.4, 0.5) is 0 Å². The average molecular weight is 263 g/mol. The van der Waals surface area contributed by atoms with Gasteiger partial charge in [-0.1, -0.05) is 31.4 Å². The molecule has 0 unspecified atom stereocenters. The van der Waals surface area contributed by atoms with Crippen molar-refractivity contribution in [3.8, 4) is 5.88 Å². The summed E-state index contributed by atoms with van der Waals surface area (Å²) >= 11 is 5.90. The Hall–Kier alpha value is -1.35. The largest absolute Gasteiger partial charge is 0.477 e. The van der Waals surface area contributed by atoms with Crippen LogP contribution in [0, 0.1) is 5.92 Å². The molecule has 1 aliphatic carbocycles. The summed E-state index contributed by atoms with van der Waals surface area (Å²) in [5.74, 6) is 1.44. The number of ether oxygens (including phenoxy) is 1. The highest BCUT2D eigenvalue weighted by molar-refractivity contribution is 6.28. The molecule has 1 aromatic carbocycles. The normalized spacial score (nSPS) is 15.6. The molecule has 4 heteroatoms. The second-order valence-electron chi connectivity index (χ2n) is 4.75. The van der Waals surface area contributed by atoms with Crippen LogP contribution in [0.5, 0.6) is 5.88 Å². The van der Waals surface area contributed by atoms with E-state index in [4.69, 9.17) is 16.3 Å². The van der Waals surface area contributed by atoms with Gasteiger partial charge in [-0.3, -0.25) is 0 Å². The Morgan fingerprint density at radius 1 is 1.22 bits per heavy atom. The standard InChI is InChI=1S/C14H15ClN2O/c15-14-16-12-7-2-1-6-11(12)13(17-14)18-9-8-10-4-3-5-10/h1-2,6-7,10H,3-5,8-9H2. The summed E-state index contributed by atoms with van der Waals surface area (Å²) in [5, 5.41) is 1.17. The topological polar surface area (TPSA) is 35.0 Å². The molecule has 0 saturated heterocycles. The quantitative estimate of drug-likeness (QED) is 0.785. The molecule has 0 bridgehead atoms. The summed E-state index contributed by atoms with van der Waals surface area (Å²) in [4.78, 5) is 8.36. The van der Waals surface area contributed by atoms with Crippen LogP contribution >= 0.6 is 11.6 Å². The Kier molecular flexibility index (Phi) is 3.33. The zero-order valence-electron chi connectivity index (χ0n) is 10.1. The molecule has 0 N–H and O–H groups in total. The molecular weight excluding hydrogens is 248 g/mol. The molecule has 1 heterocycles. The molecule has 0 radical (unpaired) electrons. The molecule has 18 heavy (non-hydrogen) atoms. The molecule has 0 amide bonds. The van der Waals surface area contributed by atoms with Crippen molar-refractivity contribution in [2.45, 2.75) is 25.7 Å². The highest BCUT2D eigenvalue weighted by Gasteiger charge is 2.17. The Morgan fingerprint density at radius 2 is 2.06 bits per heavy atom. The van der Waals surface area contributed by atoms with Crippen molar-refractivity contribution in [2.75, 3.05) is 6.61 Å². The minimum absolute atomic E-state index is 0.243. The SMILES string of the molecule is Clc1nc(OCCC2CCC2)c2ccccc2n1. The third-order valence-electron chi connectivity index (χ3n) is 3.53. The molecule has 0 spiro atoms. The summed E-state index contributed by atoms with van der Waals surface area (Å²) in [5.41, 5.74) is 0.830. The molecule has 0 aliphatic heterocycles. The first-order valence-electron chi connectivity index (χ1n) is 6.38. The van der Waals surface area contributed by atoms with Gasteiger partial charge in [-0.25, -0.2) is 4.98 Å². The lowest BCUT2D eigenvalue weighted by Crippen LogP contribution is -2.14. The van der Waals surface area contributed by atoms with Crippen LogP contribution in [0.2, 0.25) is 5.28 Å². The fourth-order valence-corrected chi connectivity index (χ4v) is 2.40. The molecule has 1 aromatic heterocycles. The van der Waals surface area contributed by atoms with Gasteiger partial charge < -0.3 is 4.74 Å². The summed E-state index contributed by atoms with van der Waals surface area (Å²) in [6.07, 6.45) is 5.16. The van der Waals surface area contributed by atoms with Crippen molar-refractivity contribution in [1.29, 1.82) is 0 Å². The fraction of sp³-hybridized carbons (Fsp3) is 0.429. The average Bonchev–Trinajstić information content (AvgIpc) is 2.32. The maximum atomic E-state index is 5.90. The van der Waals surface area contributed by atoms with Crippen LogP contribution in [0.25, 0.3) is 10.9 Å². The van der Waals surface area contributed by atoms with Gasteiger partial charge in [0.05, 0.1) is 17.5 Å². The summed E-state index contributed by atoms with van der Waals surface area (Å²) < 4.78 is 5.77. The van der Waals surface area contributed by atoms with Gasteiger partial charge in [0.25, 0.3) is 0 Å². The number of halogens is 1. The van der Waals surface area contributed by atoms with Gasteiger partial charge >= 0.3 is 0 Å². The van der Waals surface area contributed by atoms with Gasteiger partial charge in [0.2, 0.25) is 11.2 Å². The first-order chi connectivity index (χ1) is 8.83. The van der Waals surface area contributed by atoms with E-state index in [1.807, 2.05) is 24.3 Å². The van der Waals surface area contributed by atoms with E-state index in [1.165, 1.54) is 19.3 Å². The van der Waals surface area contributed by atoms with Crippen molar-refractivity contribution < 1.29 is 4.74 Å². The van der Waals surface area contributed by atoms with E-state index in [-0.39, 0.29) is 5.28 Å². The van der Waals surface area contributed by atoms with Gasteiger partial charge in [-0.05, 0) is 36.1 Å². The highest BCUT2D eigenvalue weighted by atomic mass is 35.5. The van der Waals surface area contributed by atoms with E-state index in [9.17, 15) is 0 Å². The minimum Gasteiger partial charge on any atom is -0.477 e. The number of fused-ring (bicyclic) bond motifs is 1. The van der Waals surface area contributed by atoms with E-state index in [0.717, 1.165) is 23.2 Å². The molecular formula is C14H15ClN2O. The van der Waals surface area contributed by atoms with Gasteiger partial charge in [0.15, 0.2) is 0 Å². The molecule has 3 nitrogen and oxygen atoms in total. The first-order valence-corrected chi connectivity index (χ1v) is 6.76. The second kappa shape index (κ2) is 5.11. The monoisotopic (exact) mass is 262 g/mol. The van der Waals surface area contributed by atoms with Gasteiger partial charge in [-0.2, -0.15) is 4.98 Å². The zero-order chi connectivity index (χ0) is 12.4. The fourth-order valence-electron chi connectivity index (χ4n) is 2.23. The van der Waals surface area contributed by atoms with E-state index in [2.05, 4.69) is 9.97 Å². The van der Waals surface area contributed by atoms with Gasteiger partial charge in [0.1, 0.15) is 0 Å².